The predicted octanol–water partition coefficient (Wildman–Crippen LogP) is 0.921. The molecule has 1 atom stereocenters. The zero-order valence-electron chi connectivity index (χ0n) is 8.22. The standard InChI is InChI=1S/C11H15NO2/c1-8(13)10-4-2-3-5-11(10)12-6-9(14)7-12/h2-5,8-9,13-14H,6-7H2,1H3/t8-/m0/s1. The second-order valence-corrected chi connectivity index (χ2v) is 3.79. The lowest BCUT2D eigenvalue weighted by Gasteiger charge is -2.39. The Hall–Kier alpha value is -1.06. The molecule has 0 radical (unpaired) electrons. The topological polar surface area (TPSA) is 43.7 Å². The van der Waals surface area contributed by atoms with Crippen molar-refractivity contribution in [2.75, 3.05) is 18.0 Å². The van der Waals surface area contributed by atoms with Crippen molar-refractivity contribution in [1.29, 1.82) is 0 Å². The molecule has 1 fully saturated rings. The van der Waals surface area contributed by atoms with Crippen LogP contribution in [-0.2, 0) is 0 Å². The fourth-order valence-corrected chi connectivity index (χ4v) is 1.78. The maximum absolute atomic E-state index is 9.55. The van der Waals surface area contributed by atoms with Gasteiger partial charge in [0, 0.05) is 24.3 Å². The van der Waals surface area contributed by atoms with Crippen molar-refractivity contribution in [3.63, 3.8) is 0 Å². The maximum atomic E-state index is 9.55. The van der Waals surface area contributed by atoms with Crippen LogP contribution in [-0.4, -0.2) is 29.4 Å². The van der Waals surface area contributed by atoms with Gasteiger partial charge >= 0.3 is 0 Å². The molecular formula is C11H15NO2. The Balaban J connectivity index is 2.24. The van der Waals surface area contributed by atoms with Crippen LogP contribution in [0.4, 0.5) is 5.69 Å². The second kappa shape index (κ2) is 3.59. The fourth-order valence-electron chi connectivity index (χ4n) is 1.78. The van der Waals surface area contributed by atoms with E-state index in [1.165, 1.54) is 0 Å². The molecule has 76 valence electrons. The minimum absolute atomic E-state index is 0.211. The van der Waals surface area contributed by atoms with Gasteiger partial charge in [0.05, 0.1) is 12.2 Å². The van der Waals surface area contributed by atoms with Gasteiger partial charge in [0.2, 0.25) is 0 Å². The molecule has 2 N–H and O–H groups in total. The molecule has 1 aromatic rings. The van der Waals surface area contributed by atoms with E-state index in [2.05, 4.69) is 4.90 Å². The fraction of sp³-hybridized carbons (Fsp3) is 0.455. The molecule has 1 heterocycles. The number of anilines is 1. The summed E-state index contributed by atoms with van der Waals surface area (Å²) in [7, 11) is 0. The highest BCUT2D eigenvalue weighted by Crippen LogP contribution is 2.29. The Morgan fingerprint density at radius 3 is 2.57 bits per heavy atom. The number of nitrogens with zero attached hydrogens (tertiary/aromatic N) is 1. The van der Waals surface area contributed by atoms with Gasteiger partial charge in [-0.25, -0.2) is 0 Å². The molecule has 0 amide bonds. The van der Waals surface area contributed by atoms with Gasteiger partial charge in [0.1, 0.15) is 0 Å². The van der Waals surface area contributed by atoms with E-state index in [-0.39, 0.29) is 6.10 Å². The molecule has 2 rings (SSSR count). The summed E-state index contributed by atoms with van der Waals surface area (Å²) in [6.07, 6.45) is -0.666. The molecule has 0 spiro atoms. The highest BCUT2D eigenvalue weighted by Gasteiger charge is 2.26. The highest BCUT2D eigenvalue weighted by molar-refractivity contribution is 5.56. The van der Waals surface area contributed by atoms with E-state index in [0.29, 0.717) is 13.1 Å². The van der Waals surface area contributed by atoms with Crippen LogP contribution in [0.25, 0.3) is 0 Å². The molecule has 0 unspecified atom stereocenters. The van der Waals surface area contributed by atoms with Crippen molar-refractivity contribution in [1.82, 2.24) is 0 Å². The zero-order chi connectivity index (χ0) is 10.1. The van der Waals surface area contributed by atoms with E-state index >= 15 is 0 Å². The molecule has 14 heavy (non-hydrogen) atoms. The molecular weight excluding hydrogens is 178 g/mol. The van der Waals surface area contributed by atoms with E-state index in [0.717, 1.165) is 11.3 Å². The Morgan fingerprint density at radius 1 is 1.36 bits per heavy atom. The maximum Gasteiger partial charge on any atom is 0.0889 e. The van der Waals surface area contributed by atoms with Gasteiger partial charge in [-0.05, 0) is 13.0 Å². The van der Waals surface area contributed by atoms with Crippen LogP contribution in [0.15, 0.2) is 24.3 Å². The van der Waals surface area contributed by atoms with E-state index in [4.69, 9.17) is 0 Å². The average Bonchev–Trinajstić information content (AvgIpc) is 2.13. The van der Waals surface area contributed by atoms with E-state index in [9.17, 15) is 10.2 Å². The lowest BCUT2D eigenvalue weighted by molar-refractivity contribution is 0.140. The second-order valence-electron chi connectivity index (χ2n) is 3.79. The van der Waals surface area contributed by atoms with Crippen LogP contribution in [0.5, 0.6) is 0 Å². The summed E-state index contributed by atoms with van der Waals surface area (Å²) in [4.78, 5) is 2.08. The number of aliphatic hydroxyl groups excluding tert-OH is 2. The summed E-state index contributed by atoms with van der Waals surface area (Å²) in [6.45, 7) is 3.10. The highest BCUT2D eigenvalue weighted by atomic mass is 16.3. The number of hydrogen-bond acceptors (Lipinski definition) is 3. The number of hydrogen-bond donors (Lipinski definition) is 2. The van der Waals surface area contributed by atoms with Crippen LogP contribution < -0.4 is 4.90 Å². The molecule has 1 aliphatic rings. The summed E-state index contributed by atoms with van der Waals surface area (Å²) in [5.41, 5.74) is 1.97. The van der Waals surface area contributed by atoms with Gasteiger partial charge in [-0.15, -0.1) is 0 Å². The third-order valence-electron chi connectivity index (χ3n) is 2.59. The summed E-state index contributed by atoms with van der Waals surface area (Å²) in [5.74, 6) is 0. The molecule has 3 nitrogen and oxygen atoms in total. The molecule has 1 aliphatic heterocycles. The first-order valence-corrected chi connectivity index (χ1v) is 4.88. The minimum atomic E-state index is -0.455. The largest absolute Gasteiger partial charge is 0.389 e. The summed E-state index contributed by atoms with van der Waals surface area (Å²) >= 11 is 0. The van der Waals surface area contributed by atoms with Gasteiger partial charge in [-0.1, -0.05) is 18.2 Å². The molecule has 3 heteroatoms. The first kappa shape index (κ1) is 9.49. The van der Waals surface area contributed by atoms with Crippen molar-refractivity contribution in [3.8, 4) is 0 Å². The summed E-state index contributed by atoms with van der Waals surface area (Å²) < 4.78 is 0. The number of benzene rings is 1. The molecule has 0 saturated carbocycles. The minimum Gasteiger partial charge on any atom is -0.389 e. The number of β-amino-alcohol motifs (C(OH)–C–C–N with tert-alkyl or cyclic N) is 1. The van der Waals surface area contributed by atoms with Crippen molar-refractivity contribution < 1.29 is 10.2 Å². The van der Waals surface area contributed by atoms with E-state index in [1.807, 2.05) is 24.3 Å². The first-order chi connectivity index (χ1) is 6.68. The van der Waals surface area contributed by atoms with Crippen molar-refractivity contribution in [2.24, 2.45) is 0 Å². The molecule has 1 saturated heterocycles. The van der Waals surface area contributed by atoms with Crippen molar-refractivity contribution in [2.45, 2.75) is 19.1 Å². The van der Waals surface area contributed by atoms with E-state index < -0.39 is 6.10 Å². The molecule has 1 aromatic carbocycles. The van der Waals surface area contributed by atoms with Crippen LogP contribution in [0.1, 0.15) is 18.6 Å². The molecule has 0 bridgehead atoms. The first-order valence-electron chi connectivity index (χ1n) is 4.88. The Morgan fingerprint density at radius 2 is 2.00 bits per heavy atom. The van der Waals surface area contributed by atoms with Gasteiger partial charge < -0.3 is 15.1 Å². The van der Waals surface area contributed by atoms with Crippen molar-refractivity contribution >= 4 is 5.69 Å². The van der Waals surface area contributed by atoms with Crippen LogP contribution >= 0.6 is 0 Å². The Labute approximate surface area is 83.6 Å². The van der Waals surface area contributed by atoms with E-state index in [1.54, 1.807) is 6.92 Å². The van der Waals surface area contributed by atoms with Gasteiger partial charge in [-0.2, -0.15) is 0 Å². The average molecular weight is 193 g/mol. The lowest BCUT2D eigenvalue weighted by Crippen LogP contribution is -2.51. The van der Waals surface area contributed by atoms with Gasteiger partial charge in [0.25, 0.3) is 0 Å². The molecule has 0 aromatic heterocycles. The monoisotopic (exact) mass is 193 g/mol. The predicted molar refractivity (Wildman–Crippen MR) is 55.3 cm³/mol. The normalized spacial score (nSPS) is 19.2. The zero-order valence-corrected chi connectivity index (χ0v) is 8.22. The third kappa shape index (κ3) is 1.61. The smallest absolute Gasteiger partial charge is 0.0889 e. The summed E-state index contributed by atoms with van der Waals surface area (Å²) in [6, 6.07) is 7.77. The van der Waals surface area contributed by atoms with Crippen LogP contribution in [0, 0.1) is 0 Å². The summed E-state index contributed by atoms with van der Waals surface area (Å²) in [5, 5.41) is 18.8. The lowest BCUT2D eigenvalue weighted by atomic mass is 10.0. The quantitative estimate of drug-likeness (QED) is 0.734. The third-order valence-corrected chi connectivity index (χ3v) is 2.59. The SMILES string of the molecule is C[C@H](O)c1ccccc1N1CC(O)C1. The van der Waals surface area contributed by atoms with Gasteiger partial charge in [0.15, 0.2) is 0 Å². The van der Waals surface area contributed by atoms with Gasteiger partial charge in [-0.3, -0.25) is 0 Å². The Bertz CT molecular complexity index is 319. The van der Waals surface area contributed by atoms with Crippen LogP contribution in [0.2, 0.25) is 0 Å². The molecule has 0 aliphatic carbocycles. The Kier molecular flexibility index (Phi) is 2.44. The number of para-hydroxylation sites is 1. The van der Waals surface area contributed by atoms with Crippen LogP contribution in [0.3, 0.4) is 0 Å². The number of rotatable bonds is 2. The number of aliphatic hydroxyl groups is 2. The van der Waals surface area contributed by atoms with Crippen molar-refractivity contribution in [3.05, 3.63) is 29.8 Å².